The van der Waals surface area contributed by atoms with Crippen LogP contribution in [0.1, 0.15) is 22.3 Å². The molecule has 1 aromatic heterocycles. The molecule has 0 unspecified atom stereocenters. The molecule has 106 valence electrons. The molecule has 1 aromatic carbocycles. The lowest BCUT2D eigenvalue weighted by Gasteiger charge is -2.14. The molecule has 0 radical (unpaired) electrons. The zero-order valence-electron chi connectivity index (χ0n) is 12.2. The average molecular weight is 291 g/mol. The molecule has 0 aliphatic rings. The smallest absolute Gasteiger partial charge is 0.238 e. The molecule has 1 N–H and O–H groups in total. The minimum atomic E-state index is 0.448. The van der Waals surface area contributed by atoms with Gasteiger partial charge >= 0.3 is 0 Å². The van der Waals surface area contributed by atoms with E-state index in [2.05, 4.69) is 23.3 Å². The predicted molar refractivity (Wildman–Crippen MR) is 82.7 cm³/mol. The summed E-state index contributed by atoms with van der Waals surface area (Å²) < 4.78 is 5.92. The predicted octanol–water partition coefficient (Wildman–Crippen LogP) is 4.17. The third-order valence-electron chi connectivity index (χ3n) is 3.32. The first-order valence-electron chi connectivity index (χ1n) is 6.56. The maximum absolute atomic E-state index is 6.24. The highest BCUT2D eigenvalue weighted by Gasteiger charge is 2.11. The van der Waals surface area contributed by atoms with E-state index in [9.17, 15) is 0 Å². The first-order valence-corrected chi connectivity index (χ1v) is 6.94. The molecule has 0 fully saturated rings. The molecule has 4 heteroatoms. The van der Waals surface area contributed by atoms with Crippen LogP contribution in [0.15, 0.2) is 24.4 Å². The third-order valence-corrected chi connectivity index (χ3v) is 3.59. The van der Waals surface area contributed by atoms with Crippen molar-refractivity contribution in [2.75, 3.05) is 7.05 Å². The lowest BCUT2D eigenvalue weighted by molar-refractivity contribution is 0.455. The summed E-state index contributed by atoms with van der Waals surface area (Å²) in [5.41, 5.74) is 4.41. The largest absolute Gasteiger partial charge is 0.437 e. The van der Waals surface area contributed by atoms with Crippen LogP contribution in [0.5, 0.6) is 11.6 Å². The Bertz CT molecular complexity index is 626. The van der Waals surface area contributed by atoms with Gasteiger partial charge in [0, 0.05) is 12.7 Å². The number of hydrogen-bond donors (Lipinski definition) is 1. The zero-order chi connectivity index (χ0) is 14.7. The number of hydrogen-bond acceptors (Lipinski definition) is 3. The lowest BCUT2D eigenvalue weighted by Crippen LogP contribution is -2.05. The SMILES string of the molecule is CNCc1cnc(Oc2c(C)ccc(C)c2C)c(Cl)c1. The van der Waals surface area contributed by atoms with Crippen LogP contribution in [0.2, 0.25) is 5.02 Å². The number of benzene rings is 1. The van der Waals surface area contributed by atoms with Gasteiger partial charge < -0.3 is 10.1 Å². The number of nitrogens with one attached hydrogen (secondary N) is 1. The minimum Gasteiger partial charge on any atom is -0.437 e. The van der Waals surface area contributed by atoms with Gasteiger partial charge in [0.1, 0.15) is 10.8 Å². The second kappa shape index (κ2) is 6.25. The van der Waals surface area contributed by atoms with Crippen molar-refractivity contribution in [1.29, 1.82) is 0 Å². The van der Waals surface area contributed by atoms with Crippen LogP contribution in [0.25, 0.3) is 0 Å². The lowest BCUT2D eigenvalue weighted by atomic mass is 10.1. The van der Waals surface area contributed by atoms with E-state index in [4.69, 9.17) is 16.3 Å². The number of pyridine rings is 1. The molecule has 2 aromatic rings. The van der Waals surface area contributed by atoms with E-state index in [1.54, 1.807) is 6.20 Å². The van der Waals surface area contributed by atoms with Gasteiger partial charge in [0.2, 0.25) is 5.88 Å². The van der Waals surface area contributed by atoms with Crippen molar-refractivity contribution < 1.29 is 4.74 Å². The van der Waals surface area contributed by atoms with Crippen LogP contribution in [0.3, 0.4) is 0 Å². The van der Waals surface area contributed by atoms with Gasteiger partial charge in [0.05, 0.1) is 0 Å². The first kappa shape index (κ1) is 14.8. The Kier molecular flexibility index (Phi) is 4.63. The monoisotopic (exact) mass is 290 g/mol. The van der Waals surface area contributed by atoms with Crippen LogP contribution in [-0.4, -0.2) is 12.0 Å². The second-order valence-electron chi connectivity index (χ2n) is 4.92. The van der Waals surface area contributed by atoms with E-state index in [1.165, 1.54) is 5.56 Å². The summed E-state index contributed by atoms with van der Waals surface area (Å²) in [5.74, 6) is 1.28. The molecule has 0 spiro atoms. The number of rotatable bonds is 4. The van der Waals surface area contributed by atoms with Crippen molar-refractivity contribution >= 4 is 11.6 Å². The molecule has 0 saturated heterocycles. The van der Waals surface area contributed by atoms with Crippen molar-refractivity contribution in [2.24, 2.45) is 0 Å². The Morgan fingerprint density at radius 1 is 1.20 bits per heavy atom. The van der Waals surface area contributed by atoms with Gasteiger partial charge in [-0.1, -0.05) is 23.7 Å². The van der Waals surface area contributed by atoms with E-state index in [-0.39, 0.29) is 0 Å². The Labute approximate surface area is 124 Å². The third kappa shape index (κ3) is 3.11. The van der Waals surface area contributed by atoms with Gasteiger partial charge in [-0.25, -0.2) is 4.98 Å². The average Bonchev–Trinajstić information content (AvgIpc) is 2.42. The minimum absolute atomic E-state index is 0.448. The molecule has 20 heavy (non-hydrogen) atoms. The van der Waals surface area contributed by atoms with E-state index < -0.39 is 0 Å². The first-order chi connectivity index (χ1) is 9.52. The molecule has 0 atom stereocenters. The number of halogens is 1. The fourth-order valence-electron chi connectivity index (χ4n) is 2.02. The van der Waals surface area contributed by atoms with Crippen LogP contribution in [-0.2, 0) is 6.54 Å². The Hall–Kier alpha value is -1.58. The quantitative estimate of drug-likeness (QED) is 0.917. The van der Waals surface area contributed by atoms with Crippen LogP contribution in [0, 0.1) is 20.8 Å². The summed E-state index contributed by atoms with van der Waals surface area (Å²) >= 11 is 6.24. The molecule has 2 rings (SSSR count). The highest BCUT2D eigenvalue weighted by molar-refractivity contribution is 6.31. The highest BCUT2D eigenvalue weighted by atomic mass is 35.5. The van der Waals surface area contributed by atoms with Crippen molar-refractivity contribution in [3.8, 4) is 11.6 Å². The summed E-state index contributed by atoms with van der Waals surface area (Å²) in [5, 5.41) is 3.59. The summed E-state index contributed by atoms with van der Waals surface area (Å²) in [6.45, 7) is 6.86. The van der Waals surface area contributed by atoms with Gasteiger partial charge in [0.25, 0.3) is 0 Å². The van der Waals surface area contributed by atoms with Gasteiger partial charge in [-0.3, -0.25) is 0 Å². The number of aryl methyl sites for hydroxylation is 2. The Morgan fingerprint density at radius 3 is 2.55 bits per heavy atom. The molecule has 0 bridgehead atoms. The molecule has 0 aliphatic carbocycles. The molecular weight excluding hydrogens is 272 g/mol. The topological polar surface area (TPSA) is 34.2 Å². The number of ether oxygens (including phenoxy) is 1. The second-order valence-corrected chi connectivity index (χ2v) is 5.32. The molecular formula is C16H19ClN2O. The van der Waals surface area contributed by atoms with Crippen LogP contribution < -0.4 is 10.1 Å². The van der Waals surface area contributed by atoms with Crippen molar-refractivity contribution in [3.05, 3.63) is 51.7 Å². The van der Waals surface area contributed by atoms with Crippen molar-refractivity contribution in [3.63, 3.8) is 0 Å². The maximum atomic E-state index is 6.24. The fourth-order valence-corrected chi connectivity index (χ4v) is 2.25. The van der Waals surface area contributed by atoms with Crippen molar-refractivity contribution in [1.82, 2.24) is 10.3 Å². The van der Waals surface area contributed by atoms with Gasteiger partial charge in [-0.15, -0.1) is 0 Å². The molecule has 0 aliphatic heterocycles. The van der Waals surface area contributed by atoms with Gasteiger partial charge in [-0.2, -0.15) is 0 Å². The Balaban J connectivity index is 2.33. The summed E-state index contributed by atoms with van der Waals surface area (Å²) in [7, 11) is 1.89. The number of aromatic nitrogens is 1. The molecule has 3 nitrogen and oxygen atoms in total. The van der Waals surface area contributed by atoms with Gasteiger partial charge in [-0.05, 0) is 56.1 Å². The van der Waals surface area contributed by atoms with Gasteiger partial charge in [0.15, 0.2) is 0 Å². The van der Waals surface area contributed by atoms with E-state index >= 15 is 0 Å². The van der Waals surface area contributed by atoms with Crippen molar-refractivity contribution in [2.45, 2.75) is 27.3 Å². The zero-order valence-corrected chi connectivity index (χ0v) is 13.0. The standard InChI is InChI=1S/C16H19ClN2O/c1-10-5-6-11(2)15(12(10)3)20-16-14(17)7-13(8-18-4)9-19-16/h5-7,9,18H,8H2,1-4H3. The van der Waals surface area contributed by atoms with E-state index in [0.717, 1.165) is 29.0 Å². The molecule has 0 amide bonds. The number of nitrogens with zero attached hydrogens (tertiary/aromatic N) is 1. The molecule has 0 saturated carbocycles. The van der Waals surface area contributed by atoms with E-state index in [1.807, 2.05) is 33.0 Å². The maximum Gasteiger partial charge on any atom is 0.238 e. The van der Waals surface area contributed by atoms with Crippen LogP contribution in [0.4, 0.5) is 0 Å². The fraction of sp³-hybridized carbons (Fsp3) is 0.312. The molecule has 1 heterocycles. The van der Waals surface area contributed by atoms with Crippen LogP contribution >= 0.6 is 11.6 Å². The summed E-state index contributed by atoms with van der Waals surface area (Å²) in [6.07, 6.45) is 1.78. The summed E-state index contributed by atoms with van der Waals surface area (Å²) in [4.78, 5) is 4.31. The Morgan fingerprint density at radius 2 is 1.90 bits per heavy atom. The summed E-state index contributed by atoms with van der Waals surface area (Å²) in [6, 6.07) is 6.00. The van der Waals surface area contributed by atoms with E-state index in [0.29, 0.717) is 10.9 Å². The normalized spacial score (nSPS) is 10.7. The highest BCUT2D eigenvalue weighted by Crippen LogP contribution is 2.33.